The normalized spacial score (nSPS) is 11.3. The first-order valence-corrected chi connectivity index (χ1v) is 8.01. The molecule has 0 saturated carbocycles. The molecule has 2 rings (SSSR count). The van der Waals surface area contributed by atoms with Crippen molar-refractivity contribution in [3.8, 4) is 0 Å². The van der Waals surface area contributed by atoms with Crippen LogP contribution in [-0.2, 0) is 14.3 Å². The van der Waals surface area contributed by atoms with Crippen molar-refractivity contribution in [1.29, 1.82) is 0 Å². The van der Waals surface area contributed by atoms with E-state index < -0.39 is 23.9 Å². The molecule has 2 aromatic carbocycles. The summed E-state index contributed by atoms with van der Waals surface area (Å²) in [5.41, 5.74) is 6.81. The lowest BCUT2D eigenvalue weighted by Gasteiger charge is -2.17. The van der Waals surface area contributed by atoms with Crippen LogP contribution < -0.4 is 11.1 Å². The summed E-state index contributed by atoms with van der Waals surface area (Å²) in [6.07, 6.45) is -0.755. The van der Waals surface area contributed by atoms with Crippen LogP contribution in [0.4, 0.5) is 11.4 Å². The number of carbonyl (C=O) groups excluding carboxylic acids is 3. The number of methoxy groups -OCH3 is 1. The van der Waals surface area contributed by atoms with Crippen LogP contribution in [0.2, 0.25) is 0 Å². The second kappa shape index (κ2) is 8.66. The van der Waals surface area contributed by atoms with Crippen molar-refractivity contribution in [2.75, 3.05) is 18.2 Å². The number of benzene rings is 2. The summed E-state index contributed by atoms with van der Waals surface area (Å²) in [6, 6.07) is 12.7. The molecule has 0 aliphatic heterocycles. The van der Waals surface area contributed by atoms with Crippen molar-refractivity contribution in [3.63, 3.8) is 0 Å². The number of esters is 2. The molecule has 0 aromatic heterocycles. The van der Waals surface area contributed by atoms with Crippen LogP contribution in [0.3, 0.4) is 0 Å². The average molecular weight is 356 g/mol. The molecule has 0 heterocycles. The van der Waals surface area contributed by atoms with E-state index in [2.05, 4.69) is 5.32 Å². The van der Waals surface area contributed by atoms with Gasteiger partial charge in [-0.15, -0.1) is 0 Å². The van der Waals surface area contributed by atoms with Crippen LogP contribution >= 0.6 is 0 Å². The highest BCUT2D eigenvalue weighted by atomic mass is 16.5. The Morgan fingerprint density at radius 1 is 1.08 bits per heavy atom. The van der Waals surface area contributed by atoms with E-state index in [0.29, 0.717) is 5.69 Å². The number of carbonyl (C=O) groups is 3. The van der Waals surface area contributed by atoms with Crippen molar-refractivity contribution < 1.29 is 23.9 Å². The van der Waals surface area contributed by atoms with E-state index in [1.165, 1.54) is 19.2 Å². The highest BCUT2D eigenvalue weighted by molar-refractivity contribution is 6.03. The third-order valence-corrected chi connectivity index (χ3v) is 3.63. The Morgan fingerprint density at radius 2 is 1.81 bits per heavy atom. The molecule has 3 N–H and O–H groups in total. The van der Waals surface area contributed by atoms with E-state index in [1.807, 2.05) is 0 Å². The number of hydrogen-bond acceptors (Lipinski definition) is 6. The quantitative estimate of drug-likeness (QED) is 0.608. The number of para-hydroxylation sites is 1. The maximum Gasteiger partial charge on any atom is 0.339 e. The predicted octanol–water partition coefficient (Wildman–Crippen LogP) is 2.63. The summed E-state index contributed by atoms with van der Waals surface area (Å²) in [6.45, 7) is 1.71. The number of rotatable bonds is 6. The van der Waals surface area contributed by atoms with Crippen LogP contribution in [-0.4, -0.2) is 31.1 Å². The molecule has 0 aliphatic carbocycles. The molecular formula is C19H20N2O5. The Morgan fingerprint density at radius 3 is 2.46 bits per heavy atom. The molecular weight excluding hydrogens is 336 g/mol. The first-order chi connectivity index (χ1) is 12.5. The number of amides is 1. The van der Waals surface area contributed by atoms with E-state index in [1.54, 1.807) is 43.3 Å². The zero-order chi connectivity index (χ0) is 19.1. The van der Waals surface area contributed by atoms with Crippen molar-refractivity contribution in [2.24, 2.45) is 0 Å². The minimum Gasteiger partial charge on any atom is -0.465 e. The third kappa shape index (κ3) is 4.60. The summed E-state index contributed by atoms with van der Waals surface area (Å²) in [4.78, 5) is 36.5. The van der Waals surface area contributed by atoms with Gasteiger partial charge in [-0.2, -0.15) is 0 Å². The molecule has 1 unspecified atom stereocenters. The van der Waals surface area contributed by atoms with Gasteiger partial charge in [0.1, 0.15) is 0 Å². The molecule has 1 atom stereocenters. The Hall–Kier alpha value is -3.35. The van der Waals surface area contributed by atoms with Gasteiger partial charge in [0.25, 0.3) is 5.91 Å². The SMILES string of the molecule is CCC(OC(=O)c1cccc(N)c1)C(=O)Nc1ccccc1C(=O)OC. The van der Waals surface area contributed by atoms with Gasteiger partial charge in [0.05, 0.1) is 23.9 Å². The van der Waals surface area contributed by atoms with Gasteiger partial charge >= 0.3 is 11.9 Å². The molecule has 0 fully saturated rings. The van der Waals surface area contributed by atoms with Crippen molar-refractivity contribution >= 4 is 29.2 Å². The summed E-state index contributed by atoms with van der Waals surface area (Å²) in [5, 5.41) is 2.60. The molecule has 7 heteroatoms. The lowest BCUT2D eigenvalue weighted by molar-refractivity contribution is -0.124. The van der Waals surface area contributed by atoms with Gasteiger partial charge in [-0.1, -0.05) is 25.1 Å². The van der Waals surface area contributed by atoms with Gasteiger partial charge < -0.3 is 20.5 Å². The van der Waals surface area contributed by atoms with E-state index in [-0.39, 0.29) is 23.2 Å². The van der Waals surface area contributed by atoms with Crippen molar-refractivity contribution in [2.45, 2.75) is 19.4 Å². The fraction of sp³-hybridized carbons (Fsp3) is 0.211. The summed E-state index contributed by atoms with van der Waals surface area (Å²) in [5.74, 6) is -1.77. The minimum absolute atomic E-state index is 0.209. The van der Waals surface area contributed by atoms with Crippen LogP contribution in [0, 0.1) is 0 Å². The Bertz CT molecular complexity index is 819. The first kappa shape index (κ1) is 19.0. The van der Waals surface area contributed by atoms with Gasteiger partial charge in [0.15, 0.2) is 6.10 Å². The number of nitrogens with two attached hydrogens (primary N) is 1. The summed E-state index contributed by atoms with van der Waals surface area (Å²) < 4.78 is 9.97. The number of hydrogen-bond donors (Lipinski definition) is 2. The predicted molar refractivity (Wildman–Crippen MR) is 96.8 cm³/mol. The van der Waals surface area contributed by atoms with Crippen molar-refractivity contribution in [1.82, 2.24) is 0 Å². The summed E-state index contributed by atoms with van der Waals surface area (Å²) >= 11 is 0. The van der Waals surface area contributed by atoms with E-state index in [4.69, 9.17) is 15.2 Å². The Labute approximate surface area is 151 Å². The molecule has 0 bridgehead atoms. The lowest BCUT2D eigenvalue weighted by atomic mass is 10.1. The maximum absolute atomic E-state index is 12.5. The molecule has 0 radical (unpaired) electrons. The second-order valence-electron chi connectivity index (χ2n) is 5.45. The third-order valence-electron chi connectivity index (χ3n) is 3.63. The number of anilines is 2. The average Bonchev–Trinajstić information content (AvgIpc) is 2.65. The van der Waals surface area contributed by atoms with Crippen molar-refractivity contribution in [3.05, 3.63) is 59.7 Å². The van der Waals surface area contributed by atoms with Crippen LogP contribution in [0.1, 0.15) is 34.1 Å². The molecule has 0 saturated heterocycles. The molecule has 7 nitrogen and oxygen atoms in total. The fourth-order valence-corrected chi connectivity index (χ4v) is 2.28. The maximum atomic E-state index is 12.5. The molecule has 136 valence electrons. The van der Waals surface area contributed by atoms with E-state index >= 15 is 0 Å². The molecule has 2 aromatic rings. The van der Waals surface area contributed by atoms with Crippen LogP contribution in [0.25, 0.3) is 0 Å². The molecule has 26 heavy (non-hydrogen) atoms. The standard InChI is InChI=1S/C19H20N2O5/c1-3-16(26-18(23)12-7-6-8-13(20)11-12)17(22)21-15-10-5-4-9-14(15)19(24)25-2/h4-11,16H,3,20H2,1-2H3,(H,21,22). The Balaban J connectivity index is 2.12. The van der Waals surface area contributed by atoms with Gasteiger partial charge in [-0.05, 0) is 36.8 Å². The lowest BCUT2D eigenvalue weighted by Crippen LogP contribution is -2.32. The topological polar surface area (TPSA) is 108 Å². The monoisotopic (exact) mass is 356 g/mol. The zero-order valence-corrected chi connectivity index (χ0v) is 14.5. The first-order valence-electron chi connectivity index (χ1n) is 8.01. The van der Waals surface area contributed by atoms with Gasteiger partial charge in [0, 0.05) is 5.69 Å². The zero-order valence-electron chi connectivity index (χ0n) is 14.5. The fourth-order valence-electron chi connectivity index (χ4n) is 2.28. The van der Waals surface area contributed by atoms with Crippen LogP contribution in [0.15, 0.2) is 48.5 Å². The smallest absolute Gasteiger partial charge is 0.339 e. The number of nitrogens with one attached hydrogen (secondary N) is 1. The van der Waals surface area contributed by atoms with E-state index in [9.17, 15) is 14.4 Å². The van der Waals surface area contributed by atoms with Gasteiger partial charge in [0.2, 0.25) is 0 Å². The van der Waals surface area contributed by atoms with Gasteiger partial charge in [-0.25, -0.2) is 9.59 Å². The molecule has 0 spiro atoms. The highest BCUT2D eigenvalue weighted by Gasteiger charge is 2.23. The molecule has 0 aliphatic rings. The second-order valence-corrected chi connectivity index (χ2v) is 5.45. The van der Waals surface area contributed by atoms with E-state index in [0.717, 1.165) is 0 Å². The largest absolute Gasteiger partial charge is 0.465 e. The minimum atomic E-state index is -1.02. The molecule has 1 amide bonds. The van der Waals surface area contributed by atoms with Crippen LogP contribution in [0.5, 0.6) is 0 Å². The highest BCUT2D eigenvalue weighted by Crippen LogP contribution is 2.18. The Kier molecular flexibility index (Phi) is 6.32. The summed E-state index contributed by atoms with van der Waals surface area (Å²) in [7, 11) is 1.25. The van der Waals surface area contributed by atoms with Gasteiger partial charge in [-0.3, -0.25) is 4.79 Å². The number of ether oxygens (including phenoxy) is 2. The number of nitrogen functional groups attached to an aromatic ring is 1.